The predicted molar refractivity (Wildman–Crippen MR) is 110 cm³/mol. The van der Waals surface area contributed by atoms with Crippen LogP contribution in [-0.4, -0.2) is 36.4 Å². The fourth-order valence-corrected chi connectivity index (χ4v) is 2.61. The topological polar surface area (TPSA) is 107 Å². The minimum atomic E-state index is -0.525. The molecular weight excluding hydrogens is 370 g/mol. The molecule has 0 aliphatic rings. The van der Waals surface area contributed by atoms with Crippen LogP contribution in [0.5, 0.6) is 0 Å². The van der Waals surface area contributed by atoms with Gasteiger partial charge in [-0.05, 0) is 44.9 Å². The standard InChI is InChI=1S/C20H25N7O2/c1-13-10-14(6-7-15(13)11-21-19(28)29-20(2,3)4)17-22-12-23-18(25-17)24-16-8-9-27(5)26-16/h6-10,12H,11H2,1-5H3,(H,21,28)(H,22,23,24,25,26). The second-order valence-electron chi connectivity index (χ2n) is 7.63. The van der Waals surface area contributed by atoms with Gasteiger partial charge in [0.25, 0.3) is 0 Å². The number of rotatable bonds is 5. The molecule has 9 nitrogen and oxygen atoms in total. The van der Waals surface area contributed by atoms with Crippen molar-refractivity contribution >= 4 is 17.9 Å². The molecule has 0 unspecified atom stereocenters. The summed E-state index contributed by atoms with van der Waals surface area (Å²) in [5.41, 5.74) is 2.33. The van der Waals surface area contributed by atoms with E-state index in [-0.39, 0.29) is 0 Å². The Labute approximate surface area is 169 Å². The third-order valence-electron chi connectivity index (χ3n) is 3.95. The van der Waals surface area contributed by atoms with Crippen molar-refractivity contribution in [3.05, 3.63) is 47.9 Å². The molecule has 0 atom stereocenters. The lowest BCUT2D eigenvalue weighted by molar-refractivity contribution is 0.0523. The average molecular weight is 395 g/mol. The summed E-state index contributed by atoms with van der Waals surface area (Å²) in [5.74, 6) is 1.62. The Hall–Kier alpha value is -3.49. The van der Waals surface area contributed by atoms with Gasteiger partial charge in [-0.15, -0.1) is 0 Å². The van der Waals surface area contributed by atoms with Gasteiger partial charge in [0.2, 0.25) is 5.95 Å². The molecule has 0 radical (unpaired) electrons. The van der Waals surface area contributed by atoms with E-state index in [0.717, 1.165) is 16.7 Å². The zero-order valence-electron chi connectivity index (χ0n) is 17.2. The summed E-state index contributed by atoms with van der Waals surface area (Å²) in [7, 11) is 1.84. The molecule has 0 spiro atoms. The lowest BCUT2D eigenvalue weighted by Gasteiger charge is -2.20. The van der Waals surface area contributed by atoms with Crippen molar-refractivity contribution in [2.75, 3.05) is 5.32 Å². The van der Waals surface area contributed by atoms with E-state index in [1.54, 1.807) is 4.68 Å². The highest BCUT2D eigenvalue weighted by molar-refractivity contribution is 5.68. The van der Waals surface area contributed by atoms with E-state index >= 15 is 0 Å². The predicted octanol–water partition coefficient (Wildman–Crippen LogP) is 3.35. The van der Waals surface area contributed by atoms with Gasteiger partial charge in [0, 0.05) is 31.4 Å². The molecule has 0 aliphatic heterocycles. The summed E-state index contributed by atoms with van der Waals surface area (Å²) in [6.45, 7) is 7.85. The van der Waals surface area contributed by atoms with Gasteiger partial charge in [0.15, 0.2) is 11.6 Å². The molecule has 152 valence electrons. The third kappa shape index (κ3) is 5.74. The number of aromatic nitrogens is 5. The average Bonchev–Trinajstić information content (AvgIpc) is 3.04. The van der Waals surface area contributed by atoms with Crippen LogP contribution in [0.2, 0.25) is 0 Å². The van der Waals surface area contributed by atoms with E-state index in [1.165, 1.54) is 6.33 Å². The van der Waals surface area contributed by atoms with Gasteiger partial charge in [-0.3, -0.25) is 4.68 Å². The molecule has 0 saturated heterocycles. The SMILES string of the molecule is Cc1cc(-c2ncnc(Nc3ccn(C)n3)n2)ccc1CNC(=O)OC(C)(C)C. The van der Waals surface area contributed by atoms with Crippen LogP contribution in [0.25, 0.3) is 11.4 Å². The summed E-state index contributed by atoms with van der Waals surface area (Å²) >= 11 is 0. The van der Waals surface area contributed by atoms with Crippen LogP contribution in [0.3, 0.4) is 0 Å². The molecule has 3 aromatic rings. The Morgan fingerprint density at radius 1 is 1.21 bits per heavy atom. The van der Waals surface area contributed by atoms with Crippen molar-refractivity contribution in [2.45, 2.75) is 39.8 Å². The molecule has 1 aromatic carbocycles. The smallest absolute Gasteiger partial charge is 0.407 e. The van der Waals surface area contributed by atoms with Crippen LogP contribution in [0.1, 0.15) is 31.9 Å². The molecule has 29 heavy (non-hydrogen) atoms. The summed E-state index contributed by atoms with van der Waals surface area (Å²) in [6.07, 6.45) is 2.85. The van der Waals surface area contributed by atoms with Crippen LogP contribution >= 0.6 is 0 Å². The van der Waals surface area contributed by atoms with Gasteiger partial charge in [-0.25, -0.2) is 14.8 Å². The second-order valence-corrected chi connectivity index (χ2v) is 7.63. The van der Waals surface area contributed by atoms with Crippen LogP contribution < -0.4 is 10.6 Å². The number of alkyl carbamates (subject to hydrolysis) is 1. The van der Waals surface area contributed by atoms with Crippen LogP contribution in [0.4, 0.5) is 16.6 Å². The summed E-state index contributed by atoms with van der Waals surface area (Å²) in [6, 6.07) is 7.67. The number of hydrogen-bond acceptors (Lipinski definition) is 7. The molecule has 0 aliphatic carbocycles. The monoisotopic (exact) mass is 395 g/mol. The van der Waals surface area contributed by atoms with Crippen molar-refractivity contribution in [3.8, 4) is 11.4 Å². The summed E-state index contributed by atoms with van der Waals surface area (Å²) in [4.78, 5) is 24.7. The van der Waals surface area contributed by atoms with E-state index in [0.29, 0.717) is 24.1 Å². The van der Waals surface area contributed by atoms with Crippen LogP contribution in [-0.2, 0) is 18.3 Å². The van der Waals surface area contributed by atoms with E-state index in [4.69, 9.17) is 4.74 Å². The van der Waals surface area contributed by atoms with E-state index in [2.05, 4.69) is 30.7 Å². The number of nitrogens with zero attached hydrogens (tertiary/aromatic N) is 5. The molecule has 0 bridgehead atoms. The van der Waals surface area contributed by atoms with Crippen molar-refractivity contribution in [1.82, 2.24) is 30.0 Å². The van der Waals surface area contributed by atoms with Gasteiger partial charge in [-0.1, -0.05) is 12.1 Å². The number of anilines is 2. The highest BCUT2D eigenvalue weighted by atomic mass is 16.6. The van der Waals surface area contributed by atoms with Crippen molar-refractivity contribution in [3.63, 3.8) is 0 Å². The molecule has 0 saturated carbocycles. The normalized spacial score (nSPS) is 11.2. The Morgan fingerprint density at radius 2 is 2.00 bits per heavy atom. The second kappa shape index (κ2) is 8.26. The molecule has 1 amide bonds. The fourth-order valence-electron chi connectivity index (χ4n) is 2.61. The number of ether oxygens (including phenoxy) is 1. The zero-order chi connectivity index (χ0) is 21.0. The number of nitrogens with one attached hydrogen (secondary N) is 2. The molecule has 2 N–H and O–H groups in total. The summed E-state index contributed by atoms with van der Waals surface area (Å²) < 4.78 is 6.96. The van der Waals surface area contributed by atoms with Crippen LogP contribution in [0.15, 0.2) is 36.8 Å². The van der Waals surface area contributed by atoms with E-state index in [9.17, 15) is 4.79 Å². The first-order valence-corrected chi connectivity index (χ1v) is 9.22. The summed E-state index contributed by atoms with van der Waals surface area (Å²) in [5, 5.41) is 10.1. The first kappa shape index (κ1) is 20.2. The fraction of sp³-hybridized carbons (Fsp3) is 0.350. The minimum absolute atomic E-state index is 0.380. The molecular formula is C20H25N7O2. The van der Waals surface area contributed by atoms with Crippen molar-refractivity contribution < 1.29 is 9.53 Å². The van der Waals surface area contributed by atoms with E-state index < -0.39 is 11.7 Å². The Balaban J connectivity index is 1.69. The van der Waals surface area contributed by atoms with E-state index in [1.807, 2.05) is 65.2 Å². The highest BCUT2D eigenvalue weighted by Crippen LogP contribution is 2.20. The van der Waals surface area contributed by atoms with Gasteiger partial charge >= 0.3 is 6.09 Å². The number of amides is 1. The first-order chi connectivity index (χ1) is 13.7. The Kier molecular flexibility index (Phi) is 5.76. The number of carbonyl (C=O) groups excluding carboxylic acids is 1. The number of aryl methyl sites for hydroxylation is 2. The van der Waals surface area contributed by atoms with Crippen molar-refractivity contribution in [2.24, 2.45) is 7.05 Å². The third-order valence-corrected chi connectivity index (χ3v) is 3.95. The number of benzene rings is 1. The van der Waals surface area contributed by atoms with Crippen LogP contribution in [0, 0.1) is 6.92 Å². The van der Waals surface area contributed by atoms with Crippen molar-refractivity contribution in [1.29, 1.82) is 0 Å². The molecule has 2 aromatic heterocycles. The Morgan fingerprint density at radius 3 is 2.66 bits per heavy atom. The number of carbonyl (C=O) groups is 1. The zero-order valence-corrected chi connectivity index (χ0v) is 17.2. The lowest BCUT2D eigenvalue weighted by atomic mass is 10.0. The number of hydrogen-bond donors (Lipinski definition) is 2. The van der Waals surface area contributed by atoms with Gasteiger partial charge in [0.05, 0.1) is 0 Å². The maximum atomic E-state index is 11.8. The molecule has 9 heteroatoms. The largest absolute Gasteiger partial charge is 0.444 e. The first-order valence-electron chi connectivity index (χ1n) is 9.22. The van der Waals surface area contributed by atoms with Gasteiger partial charge in [0.1, 0.15) is 11.9 Å². The maximum absolute atomic E-state index is 11.8. The molecule has 0 fully saturated rings. The molecule has 3 rings (SSSR count). The maximum Gasteiger partial charge on any atom is 0.407 e. The van der Waals surface area contributed by atoms with Gasteiger partial charge in [-0.2, -0.15) is 10.1 Å². The molecule has 2 heterocycles. The highest BCUT2D eigenvalue weighted by Gasteiger charge is 2.16. The quantitative estimate of drug-likeness (QED) is 0.682. The minimum Gasteiger partial charge on any atom is -0.444 e. The Bertz CT molecular complexity index is 1010. The lowest BCUT2D eigenvalue weighted by Crippen LogP contribution is -2.32. The van der Waals surface area contributed by atoms with Gasteiger partial charge < -0.3 is 15.4 Å².